The van der Waals surface area contributed by atoms with Gasteiger partial charge in [0, 0.05) is 26.7 Å². The number of unbranched alkanes of at least 4 members (excludes halogenated alkanes) is 2. The third-order valence-corrected chi connectivity index (χ3v) is 5.47. The van der Waals surface area contributed by atoms with Crippen molar-refractivity contribution >= 4 is 10.2 Å². The van der Waals surface area contributed by atoms with Crippen LogP contribution in [0.2, 0.25) is 0 Å². The van der Waals surface area contributed by atoms with Gasteiger partial charge in [-0.15, -0.1) is 0 Å². The minimum Gasteiger partial charge on any atom is -0.330 e. The molecule has 0 amide bonds. The van der Waals surface area contributed by atoms with E-state index in [0.29, 0.717) is 32.1 Å². The Morgan fingerprint density at radius 2 is 2.06 bits per heavy atom. The fourth-order valence-electron chi connectivity index (χ4n) is 2.32. The molecule has 108 valence electrons. The van der Waals surface area contributed by atoms with Gasteiger partial charge in [-0.1, -0.05) is 13.3 Å². The Morgan fingerprint density at radius 3 is 2.67 bits per heavy atom. The maximum absolute atomic E-state index is 12.3. The van der Waals surface area contributed by atoms with E-state index in [1.807, 2.05) is 0 Å². The Bertz CT molecular complexity index is 332. The lowest BCUT2D eigenvalue weighted by Crippen LogP contribution is -2.46. The van der Waals surface area contributed by atoms with Crippen molar-refractivity contribution in [3.05, 3.63) is 0 Å². The molecule has 0 bridgehead atoms. The van der Waals surface area contributed by atoms with Crippen LogP contribution in [0.3, 0.4) is 0 Å². The van der Waals surface area contributed by atoms with Crippen molar-refractivity contribution in [3.8, 4) is 0 Å². The molecule has 1 heterocycles. The fraction of sp³-hybridized carbons (Fsp3) is 1.00. The fourth-order valence-corrected chi connectivity index (χ4v) is 3.88. The summed E-state index contributed by atoms with van der Waals surface area (Å²) in [7, 11) is -1.57. The van der Waals surface area contributed by atoms with Crippen LogP contribution in [0.15, 0.2) is 0 Å². The molecule has 6 heteroatoms. The molecule has 18 heavy (non-hydrogen) atoms. The van der Waals surface area contributed by atoms with Crippen LogP contribution in [0.5, 0.6) is 0 Å². The zero-order chi connectivity index (χ0) is 13.6. The van der Waals surface area contributed by atoms with E-state index in [9.17, 15) is 8.42 Å². The number of nitrogens with zero attached hydrogens (tertiary/aromatic N) is 2. The summed E-state index contributed by atoms with van der Waals surface area (Å²) in [4.78, 5) is 0. The van der Waals surface area contributed by atoms with Gasteiger partial charge in [-0.05, 0) is 38.1 Å². The lowest BCUT2D eigenvalue weighted by atomic mass is 10.0. The Hall–Kier alpha value is -0.170. The van der Waals surface area contributed by atoms with Crippen LogP contribution < -0.4 is 5.73 Å². The summed E-state index contributed by atoms with van der Waals surface area (Å²) in [5, 5.41) is 0. The van der Waals surface area contributed by atoms with E-state index in [2.05, 4.69) is 6.92 Å². The Labute approximate surface area is 112 Å². The predicted octanol–water partition coefficient (Wildman–Crippen LogP) is 1.02. The maximum Gasteiger partial charge on any atom is 0.281 e. The first-order chi connectivity index (χ1) is 8.48. The van der Waals surface area contributed by atoms with Crippen LogP contribution in [-0.2, 0) is 10.2 Å². The van der Waals surface area contributed by atoms with Crippen LogP contribution in [-0.4, -0.2) is 50.3 Å². The highest BCUT2D eigenvalue weighted by molar-refractivity contribution is 7.86. The molecule has 1 saturated heterocycles. The highest BCUT2D eigenvalue weighted by atomic mass is 32.2. The van der Waals surface area contributed by atoms with Gasteiger partial charge in [0.2, 0.25) is 0 Å². The SMILES string of the molecule is CC1CCCN(S(=O)(=O)N(C)CCCCCN)C1. The molecule has 1 rings (SSSR count). The van der Waals surface area contributed by atoms with Crippen molar-refractivity contribution < 1.29 is 8.42 Å². The molecule has 0 aromatic carbocycles. The number of rotatable bonds is 7. The van der Waals surface area contributed by atoms with Crippen molar-refractivity contribution in [1.29, 1.82) is 0 Å². The van der Waals surface area contributed by atoms with Gasteiger partial charge >= 0.3 is 0 Å². The number of hydrogen-bond acceptors (Lipinski definition) is 3. The molecule has 0 saturated carbocycles. The molecule has 0 aromatic heterocycles. The van der Waals surface area contributed by atoms with Gasteiger partial charge in [0.25, 0.3) is 10.2 Å². The summed E-state index contributed by atoms with van der Waals surface area (Å²) in [5.41, 5.74) is 5.42. The van der Waals surface area contributed by atoms with Crippen molar-refractivity contribution in [3.63, 3.8) is 0 Å². The highest BCUT2D eigenvalue weighted by Gasteiger charge is 2.29. The molecule has 1 aliphatic heterocycles. The van der Waals surface area contributed by atoms with Gasteiger partial charge in [0.05, 0.1) is 0 Å². The Morgan fingerprint density at radius 1 is 1.33 bits per heavy atom. The largest absolute Gasteiger partial charge is 0.330 e. The zero-order valence-corrected chi connectivity index (χ0v) is 12.5. The molecule has 0 aromatic rings. The minimum absolute atomic E-state index is 0.471. The molecule has 0 radical (unpaired) electrons. The molecular formula is C12H27N3O2S. The second kappa shape index (κ2) is 7.43. The minimum atomic E-state index is -3.25. The van der Waals surface area contributed by atoms with E-state index >= 15 is 0 Å². The first-order valence-electron chi connectivity index (χ1n) is 6.90. The lowest BCUT2D eigenvalue weighted by molar-refractivity contribution is 0.263. The molecule has 5 nitrogen and oxygen atoms in total. The monoisotopic (exact) mass is 277 g/mol. The molecule has 1 fully saturated rings. The second-order valence-electron chi connectivity index (χ2n) is 5.28. The summed E-state index contributed by atoms with van der Waals surface area (Å²) < 4.78 is 27.8. The number of piperidine rings is 1. The highest BCUT2D eigenvalue weighted by Crippen LogP contribution is 2.20. The van der Waals surface area contributed by atoms with Gasteiger partial charge in [-0.2, -0.15) is 17.0 Å². The van der Waals surface area contributed by atoms with Gasteiger partial charge in [0.1, 0.15) is 0 Å². The predicted molar refractivity (Wildman–Crippen MR) is 74.4 cm³/mol. The summed E-state index contributed by atoms with van der Waals surface area (Å²) in [6.45, 7) is 4.71. The van der Waals surface area contributed by atoms with E-state index in [4.69, 9.17) is 5.73 Å². The first kappa shape index (κ1) is 15.9. The third kappa shape index (κ3) is 4.50. The average Bonchev–Trinajstić information content (AvgIpc) is 2.34. The summed E-state index contributed by atoms with van der Waals surface area (Å²) in [6, 6.07) is 0. The number of nitrogens with two attached hydrogens (primary N) is 1. The lowest BCUT2D eigenvalue weighted by Gasteiger charge is -2.33. The van der Waals surface area contributed by atoms with Crippen molar-refractivity contribution in [2.45, 2.75) is 39.0 Å². The van der Waals surface area contributed by atoms with E-state index in [0.717, 1.165) is 32.1 Å². The topological polar surface area (TPSA) is 66.6 Å². The van der Waals surface area contributed by atoms with E-state index in [1.165, 1.54) is 4.31 Å². The van der Waals surface area contributed by atoms with Gasteiger partial charge < -0.3 is 5.73 Å². The van der Waals surface area contributed by atoms with Crippen LogP contribution in [0.4, 0.5) is 0 Å². The summed E-state index contributed by atoms with van der Waals surface area (Å²) in [5.74, 6) is 0.471. The Balaban J connectivity index is 2.45. The van der Waals surface area contributed by atoms with E-state index < -0.39 is 10.2 Å². The smallest absolute Gasteiger partial charge is 0.281 e. The normalized spacial score (nSPS) is 22.6. The molecule has 2 N–H and O–H groups in total. The molecule has 1 atom stereocenters. The summed E-state index contributed by atoms with van der Waals surface area (Å²) in [6.07, 6.45) is 4.95. The maximum atomic E-state index is 12.3. The standard InChI is InChI=1S/C12H27N3O2S/c1-12-7-6-10-15(11-12)18(16,17)14(2)9-5-3-4-8-13/h12H,3-11,13H2,1-2H3. The van der Waals surface area contributed by atoms with Gasteiger partial charge in [-0.3, -0.25) is 0 Å². The van der Waals surface area contributed by atoms with Crippen LogP contribution >= 0.6 is 0 Å². The molecular weight excluding hydrogens is 250 g/mol. The Kier molecular flexibility index (Phi) is 6.55. The first-order valence-corrected chi connectivity index (χ1v) is 8.29. The van der Waals surface area contributed by atoms with E-state index in [-0.39, 0.29) is 0 Å². The quantitative estimate of drug-likeness (QED) is 0.707. The van der Waals surface area contributed by atoms with Crippen LogP contribution in [0.25, 0.3) is 0 Å². The summed E-state index contributed by atoms with van der Waals surface area (Å²) >= 11 is 0. The van der Waals surface area contributed by atoms with Crippen molar-refractivity contribution in [2.75, 3.05) is 33.2 Å². The molecule has 0 spiro atoms. The molecule has 0 aliphatic carbocycles. The van der Waals surface area contributed by atoms with Crippen LogP contribution in [0, 0.1) is 5.92 Å². The average molecular weight is 277 g/mol. The van der Waals surface area contributed by atoms with Crippen LogP contribution in [0.1, 0.15) is 39.0 Å². The van der Waals surface area contributed by atoms with E-state index in [1.54, 1.807) is 11.4 Å². The third-order valence-electron chi connectivity index (χ3n) is 3.52. The molecule has 1 unspecified atom stereocenters. The second-order valence-corrected chi connectivity index (χ2v) is 7.32. The van der Waals surface area contributed by atoms with Gasteiger partial charge in [-0.25, -0.2) is 0 Å². The van der Waals surface area contributed by atoms with Crippen molar-refractivity contribution in [2.24, 2.45) is 11.7 Å². The van der Waals surface area contributed by atoms with Crippen molar-refractivity contribution in [1.82, 2.24) is 8.61 Å². The number of hydrogen-bond donors (Lipinski definition) is 1. The van der Waals surface area contributed by atoms with Gasteiger partial charge in [0.15, 0.2) is 0 Å². The zero-order valence-electron chi connectivity index (χ0n) is 11.6. The molecule has 1 aliphatic rings.